The molecule has 1 aromatic heterocycles. The number of aromatic nitrogens is 2. The van der Waals surface area contributed by atoms with Gasteiger partial charge in [0.1, 0.15) is 5.60 Å². The molecule has 0 bridgehead atoms. The molecule has 5 nitrogen and oxygen atoms in total. The van der Waals surface area contributed by atoms with Crippen LogP contribution in [0.3, 0.4) is 0 Å². The van der Waals surface area contributed by atoms with Gasteiger partial charge in [0.05, 0.1) is 18.2 Å². The minimum atomic E-state index is -0.671. The lowest BCUT2D eigenvalue weighted by Gasteiger charge is -2.34. The second-order valence-corrected chi connectivity index (χ2v) is 6.14. The van der Waals surface area contributed by atoms with E-state index in [0.717, 1.165) is 5.69 Å². The molecular formula is C16H24N2O3. The number of rotatable bonds is 5. The summed E-state index contributed by atoms with van der Waals surface area (Å²) in [5.41, 5.74) is 0.185. The standard InChI is InChI=1S/C16H24N2O3/c1-20-16(7-10-21-11-8-16)15(19)12-13-6-9-18(17-13)14-4-2-3-5-14/h6,9,14H,2-5,7-8,10-12H2,1H3. The molecule has 1 saturated carbocycles. The number of methoxy groups -OCH3 is 1. The maximum Gasteiger partial charge on any atom is 0.170 e. The highest BCUT2D eigenvalue weighted by Crippen LogP contribution is 2.30. The van der Waals surface area contributed by atoms with E-state index < -0.39 is 5.60 Å². The second kappa shape index (κ2) is 6.28. The van der Waals surface area contributed by atoms with Gasteiger partial charge in [-0.1, -0.05) is 12.8 Å². The molecule has 1 aliphatic carbocycles. The zero-order valence-corrected chi connectivity index (χ0v) is 12.7. The molecular weight excluding hydrogens is 268 g/mol. The van der Waals surface area contributed by atoms with Gasteiger partial charge in [0.2, 0.25) is 0 Å². The molecule has 0 radical (unpaired) electrons. The molecule has 0 atom stereocenters. The molecule has 0 unspecified atom stereocenters. The molecule has 3 rings (SSSR count). The summed E-state index contributed by atoms with van der Waals surface area (Å²) in [7, 11) is 1.63. The van der Waals surface area contributed by atoms with Crippen molar-refractivity contribution < 1.29 is 14.3 Å². The number of Topliss-reactive ketones (excluding diaryl/α,β-unsaturated/α-hetero) is 1. The van der Waals surface area contributed by atoms with Gasteiger partial charge in [0, 0.05) is 39.4 Å². The number of hydrogen-bond acceptors (Lipinski definition) is 4. The lowest BCUT2D eigenvalue weighted by Crippen LogP contribution is -2.46. The number of hydrogen-bond donors (Lipinski definition) is 0. The fourth-order valence-electron chi connectivity index (χ4n) is 3.47. The maximum absolute atomic E-state index is 12.6. The smallest absolute Gasteiger partial charge is 0.170 e. The SMILES string of the molecule is COC1(C(=O)Cc2ccn(C3CCCC3)n2)CCOCC1. The van der Waals surface area contributed by atoms with Gasteiger partial charge in [-0.05, 0) is 18.9 Å². The third-order valence-electron chi connectivity index (χ3n) is 4.90. The Morgan fingerprint density at radius 1 is 1.43 bits per heavy atom. The predicted octanol–water partition coefficient (Wildman–Crippen LogP) is 2.31. The molecule has 1 aromatic rings. The van der Waals surface area contributed by atoms with Crippen LogP contribution in [0.2, 0.25) is 0 Å². The van der Waals surface area contributed by atoms with Crippen LogP contribution in [0.5, 0.6) is 0 Å². The number of ketones is 1. The first-order valence-corrected chi connectivity index (χ1v) is 7.94. The molecule has 2 aliphatic rings. The minimum Gasteiger partial charge on any atom is -0.381 e. The Balaban J connectivity index is 1.66. The molecule has 116 valence electrons. The highest BCUT2D eigenvalue weighted by molar-refractivity contribution is 5.89. The first kappa shape index (κ1) is 14.7. The van der Waals surface area contributed by atoms with Crippen LogP contribution in [0.25, 0.3) is 0 Å². The lowest BCUT2D eigenvalue weighted by atomic mass is 9.87. The van der Waals surface area contributed by atoms with E-state index in [1.807, 2.05) is 16.9 Å². The summed E-state index contributed by atoms with van der Waals surface area (Å²) < 4.78 is 12.9. The van der Waals surface area contributed by atoms with Crippen molar-refractivity contribution in [3.05, 3.63) is 18.0 Å². The van der Waals surface area contributed by atoms with Crippen LogP contribution >= 0.6 is 0 Å². The van der Waals surface area contributed by atoms with Gasteiger partial charge in [-0.3, -0.25) is 9.48 Å². The van der Waals surface area contributed by atoms with E-state index in [1.54, 1.807) is 7.11 Å². The third kappa shape index (κ3) is 3.04. The van der Waals surface area contributed by atoms with Crippen molar-refractivity contribution in [2.24, 2.45) is 0 Å². The number of carbonyl (C=O) groups is 1. The maximum atomic E-state index is 12.6. The Labute approximate surface area is 125 Å². The highest BCUT2D eigenvalue weighted by atomic mass is 16.5. The summed E-state index contributed by atoms with van der Waals surface area (Å²) in [5.74, 6) is 0.130. The van der Waals surface area contributed by atoms with Gasteiger partial charge in [0.25, 0.3) is 0 Å². The molecule has 2 fully saturated rings. The molecule has 0 aromatic carbocycles. The first-order chi connectivity index (χ1) is 10.2. The van der Waals surface area contributed by atoms with Crippen molar-refractivity contribution >= 4 is 5.78 Å². The van der Waals surface area contributed by atoms with Gasteiger partial charge in [0.15, 0.2) is 5.78 Å². The quantitative estimate of drug-likeness (QED) is 0.835. The molecule has 0 amide bonds. The van der Waals surface area contributed by atoms with E-state index in [4.69, 9.17) is 9.47 Å². The molecule has 0 N–H and O–H groups in total. The third-order valence-corrected chi connectivity index (χ3v) is 4.90. The summed E-state index contributed by atoms with van der Waals surface area (Å²) in [6.07, 6.45) is 8.63. The Morgan fingerprint density at radius 2 is 2.14 bits per heavy atom. The van der Waals surface area contributed by atoms with E-state index >= 15 is 0 Å². The Bertz CT molecular complexity index is 485. The largest absolute Gasteiger partial charge is 0.381 e. The number of ether oxygens (including phenoxy) is 2. The first-order valence-electron chi connectivity index (χ1n) is 7.94. The average molecular weight is 292 g/mol. The van der Waals surface area contributed by atoms with E-state index in [-0.39, 0.29) is 5.78 Å². The molecule has 0 spiro atoms. The topological polar surface area (TPSA) is 53.4 Å². The molecule has 2 heterocycles. The van der Waals surface area contributed by atoms with Crippen LogP contribution in [-0.2, 0) is 20.7 Å². The van der Waals surface area contributed by atoms with Gasteiger partial charge in [-0.25, -0.2) is 0 Å². The Kier molecular flexibility index (Phi) is 4.40. The molecule has 1 saturated heterocycles. The molecule has 1 aliphatic heterocycles. The average Bonchev–Trinajstić information content (AvgIpc) is 3.18. The fourth-order valence-corrected chi connectivity index (χ4v) is 3.47. The van der Waals surface area contributed by atoms with Crippen LogP contribution in [0.4, 0.5) is 0 Å². The van der Waals surface area contributed by atoms with Crippen LogP contribution in [-0.4, -0.2) is 41.5 Å². The van der Waals surface area contributed by atoms with E-state index in [1.165, 1.54) is 25.7 Å². The van der Waals surface area contributed by atoms with Crippen LogP contribution in [0.15, 0.2) is 12.3 Å². The van der Waals surface area contributed by atoms with Crippen molar-refractivity contribution in [2.45, 2.75) is 56.6 Å². The van der Waals surface area contributed by atoms with Crippen molar-refractivity contribution in [3.63, 3.8) is 0 Å². The van der Waals surface area contributed by atoms with Crippen molar-refractivity contribution in [2.75, 3.05) is 20.3 Å². The second-order valence-electron chi connectivity index (χ2n) is 6.14. The molecule has 5 heteroatoms. The van der Waals surface area contributed by atoms with Gasteiger partial charge in [-0.15, -0.1) is 0 Å². The highest BCUT2D eigenvalue weighted by Gasteiger charge is 2.39. The molecule has 21 heavy (non-hydrogen) atoms. The fraction of sp³-hybridized carbons (Fsp3) is 0.750. The van der Waals surface area contributed by atoms with E-state index in [2.05, 4.69) is 5.10 Å². The summed E-state index contributed by atoms with van der Waals surface area (Å²) in [6.45, 7) is 1.19. The number of nitrogens with zero attached hydrogens (tertiary/aromatic N) is 2. The van der Waals surface area contributed by atoms with Crippen molar-refractivity contribution in [1.82, 2.24) is 9.78 Å². The predicted molar refractivity (Wildman–Crippen MR) is 78.2 cm³/mol. The zero-order valence-electron chi connectivity index (χ0n) is 12.7. The summed E-state index contributed by atoms with van der Waals surface area (Å²) in [4.78, 5) is 12.6. The van der Waals surface area contributed by atoms with E-state index in [0.29, 0.717) is 38.5 Å². The summed E-state index contributed by atoms with van der Waals surface area (Å²) >= 11 is 0. The minimum absolute atomic E-state index is 0.130. The van der Waals surface area contributed by atoms with Gasteiger partial charge in [-0.2, -0.15) is 5.10 Å². The summed E-state index contributed by atoms with van der Waals surface area (Å²) in [6, 6.07) is 2.49. The Hall–Kier alpha value is -1.20. The van der Waals surface area contributed by atoms with E-state index in [9.17, 15) is 4.79 Å². The normalized spacial score (nSPS) is 22.5. The summed E-state index contributed by atoms with van der Waals surface area (Å²) in [5, 5.41) is 4.60. The van der Waals surface area contributed by atoms with Crippen LogP contribution in [0, 0.1) is 0 Å². The lowest BCUT2D eigenvalue weighted by molar-refractivity contribution is -0.152. The van der Waals surface area contributed by atoms with Gasteiger partial charge < -0.3 is 9.47 Å². The Morgan fingerprint density at radius 3 is 2.81 bits per heavy atom. The van der Waals surface area contributed by atoms with Crippen LogP contribution < -0.4 is 0 Å². The monoisotopic (exact) mass is 292 g/mol. The van der Waals surface area contributed by atoms with Crippen molar-refractivity contribution in [3.8, 4) is 0 Å². The van der Waals surface area contributed by atoms with Crippen LogP contribution in [0.1, 0.15) is 50.3 Å². The number of carbonyl (C=O) groups excluding carboxylic acids is 1. The zero-order chi connectivity index (χ0) is 14.7. The van der Waals surface area contributed by atoms with Gasteiger partial charge >= 0.3 is 0 Å². The van der Waals surface area contributed by atoms with Crippen molar-refractivity contribution in [1.29, 1.82) is 0 Å².